The van der Waals surface area contributed by atoms with Crippen LogP contribution in [0.15, 0.2) is 5.38 Å². The van der Waals surface area contributed by atoms with E-state index in [9.17, 15) is 13.2 Å². The summed E-state index contributed by atoms with van der Waals surface area (Å²) >= 11 is 1.15. The van der Waals surface area contributed by atoms with E-state index in [4.69, 9.17) is 5.11 Å². The summed E-state index contributed by atoms with van der Waals surface area (Å²) in [5.41, 5.74) is 0.554. The molecule has 0 saturated carbocycles. The zero-order valence-corrected chi connectivity index (χ0v) is 13.8. The predicted octanol–water partition coefficient (Wildman–Crippen LogP) is 0.678. The van der Waals surface area contributed by atoms with Gasteiger partial charge < -0.3 is 10.0 Å². The lowest BCUT2D eigenvalue weighted by Crippen LogP contribution is -2.29. The molecule has 0 unspecified atom stereocenters. The largest absolute Gasteiger partial charge is 0.396 e. The van der Waals surface area contributed by atoms with Gasteiger partial charge in [-0.3, -0.25) is 9.52 Å². The van der Waals surface area contributed by atoms with Gasteiger partial charge in [-0.2, -0.15) is 0 Å². The van der Waals surface area contributed by atoms with E-state index in [-0.39, 0.29) is 24.1 Å². The number of nitrogens with one attached hydrogen (secondary N) is 1. The Morgan fingerprint density at radius 1 is 1.43 bits per heavy atom. The summed E-state index contributed by atoms with van der Waals surface area (Å²) < 4.78 is 24.4. The third kappa shape index (κ3) is 7.39. The Labute approximate surface area is 129 Å². The van der Waals surface area contributed by atoms with Gasteiger partial charge in [0.25, 0.3) is 0 Å². The molecule has 0 bridgehead atoms. The average molecular weight is 335 g/mol. The SMILES string of the molecule is CN(CCCCCO)C(=O)Cc1csc(NS(C)(=O)=O)n1. The number of nitrogens with zero attached hydrogens (tertiary/aromatic N) is 2. The van der Waals surface area contributed by atoms with Crippen molar-refractivity contribution in [3.05, 3.63) is 11.1 Å². The van der Waals surface area contributed by atoms with E-state index >= 15 is 0 Å². The number of sulfonamides is 1. The molecule has 0 aliphatic heterocycles. The van der Waals surface area contributed by atoms with E-state index in [1.807, 2.05) is 0 Å². The molecule has 21 heavy (non-hydrogen) atoms. The minimum Gasteiger partial charge on any atom is -0.396 e. The predicted molar refractivity (Wildman–Crippen MR) is 82.9 cm³/mol. The molecule has 0 aliphatic carbocycles. The lowest BCUT2D eigenvalue weighted by molar-refractivity contribution is -0.129. The van der Waals surface area contributed by atoms with E-state index in [1.165, 1.54) is 0 Å². The summed E-state index contributed by atoms with van der Waals surface area (Å²) in [6.07, 6.45) is 3.68. The Hall–Kier alpha value is -1.19. The molecule has 0 spiro atoms. The Kier molecular flexibility index (Phi) is 7.06. The van der Waals surface area contributed by atoms with E-state index in [1.54, 1.807) is 17.3 Å². The smallest absolute Gasteiger partial charge is 0.231 e. The number of aromatic nitrogens is 1. The van der Waals surface area contributed by atoms with Crippen LogP contribution in [-0.2, 0) is 21.2 Å². The average Bonchev–Trinajstić information content (AvgIpc) is 2.79. The first kappa shape index (κ1) is 17.9. The number of aliphatic hydroxyl groups is 1. The van der Waals surface area contributed by atoms with Crippen LogP contribution in [-0.4, -0.2) is 55.8 Å². The van der Waals surface area contributed by atoms with Crippen LogP contribution in [0.5, 0.6) is 0 Å². The maximum absolute atomic E-state index is 12.0. The topological polar surface area (TPSA) is 99.6 Å². The molecule has 0 aliphatic rings. The summed E-state index contributed by atoms with van der Waals surface area (Å²) in [6.45, 7) is 0.810. The molecule has 0 radical (unpaired) electrons. The van der Waals surface area contributed by atoms with Gasteiger partial charge in [0.1, 0.15) is 0 Å². The molecule has 1 aromatic rings. The van der Waals surface area contributed by atoms with Crippen LogP contribution in [0, 0.1) is 0 Å². The maximum atomic E-state index is 12.0. The van der Waals surface area contributed by atoms with Gasteiger partial charge in [0.05, 0.1) is 18.4 Å². The number of rotatable bonds is 9. The van der Waals surface area contributed by atoms with Crippen LogP contribution in [0.1, 0.15) is 25.0 Å². The molecule has 2 N–H and O–H groups in total. The summed E-state index contributed by atoms with van der Waals surface area (Å²) in [6, 6.07) is 0. The number of amides is 1. The third-order valence-corrected chi connectivity index (χ3v) is 4.23. The van der Waals surface area contributed by atoms with Crippen LogP contribution in [0.4, 0.5) is 5.13 Å². The number of aliphatic hydroxyl groups excluding tert-OH is 1. The summed E-state index contributed by atoms with van der Waals surface area (Å²) in [4.78, 5) is 17.7. The molecule has 1 heterocycles. The van der Waals surface area contributed by atoms with Crippen LogP contribution < -0.4 is 4.72 Å². The van der Waals surface area contributed by atoms with Crippen molar-refractivity contribution in [2.45, 2.75) is 25.7 Å². The molecule has 7 nitrogen and oxygen atoms in total. The van der Waals surface area contributed by atoms with Gasteiger partial charge in [0.15, 0.2) is 5.13 Å². The number of hydrogen-bond donors (Lipinski definition) is 2. The Morgan fingerprint density at radius 2 is 2.14 bits per heavy atom. The minimum atomic E-state index is -3.34. The van der Waals surface area contributed by atoms with Gasteiger partial charge in [0.2, 0.25) is 15.9 Å². The van der Waals surface area contributed by atoms with Crippen LogP contribution in [0.25, 0.3) is 0 Å². The van der Waals surface area contributed by atoms with Crippen LogP contribution in [0.3, 0.4) is 0 Å². The van der Waals surface area contributed by atoms with Crippen molar-refractivity contribution >= 4 is 32.4 Å². The molecule has 1 aromatic heterocycles. The second kappa shape index (κ2) is 8.30. The van der Waals surface area contributed by atoms with Crippen LogP contribution in [0.2, 0.25) is 0 Å². The molecular formula is C12H21N3O4S2. The molecular weight excluding hydrogens is 314 g/mol. The van der Waals surface area contributed by atoms with Gasteiger partial charge in [-0.1, -0.05) is 0 Å². The van der Waals surface area contributed by atoms with Crippen molar-refractivity contribution < 1.29 is 18.3 Å². The maximum Gasteiger partial charge on any atom is 0.231 e. The number of unbranched alkanes of at least 4 members (excludes halogenated alkanes) is 2. The zero-order chi connectivity index (χ0) is 15.9. The lowest BCUT2D eigenvalue weighted by atomic mass is 10.2. The Morgan fingerprint density at radius 3 is 2.76 bits per heavy atom. The Balaban J connectivity index is 2.43. The van der Waals surface area contributed by atoms with E-state index in [0.717, 1.165) is 36.9 Å². The highest BCUT2D eigenvalue weighted by Gasteiger charge is 2.13. The van der Waals surface area contributed by atoms with Crippen molar-refractivity contribution in [3.8, 4) is 0 Å². The highest BCUT2D eigenvalue weighted by molar-refractivity contribution is 7.92. The highest BCUT2D eigenvalue weighted by Crippen LogP contribution is 2.17. The summed E-state index contributed by atoms with van der Waals surface area (Å²) in [5.74, 6) is -0.0600. The second-order valence-electron chi connectivity index (χ2n) is 4.79. The monoisotopic (exact) mass is 335 g/mol. The summed E-state index contributed by atoms with van der Waals surface area (Å²) in [5, 5.41) is 10.6. The fourth-order valence-corrected chi connectivity index (χ4v) is 3.21. The first-order valence-corrected chi connectivity index (χ1v) is 9.36. The van der Waals surface area contributed by atoms with Crippen molar-refractivity contribution in [2.75, 3.05) is 31.2 Å². The molecule has 9 heteroatoms. The molecule has 0 atom stereocenters. The van der Waals surface area contributed by atoms with Crippen molar-refractivity contribution in [3.63, 3.8) is 0 Å². The fourth-order valence-electron chi connectivity index (χ4n) is 1.65. The Bertz CT molecular complexity index is 557. The van der Waals surface area contributed by atoms with E-state index < -0.39 is 10.0 Å². The number of anilines is 1. The van der Waals surface area contributed by atoms with Gasteiger partial charge in [0, 0.05) is 25.6 Å². The van der Waals surface area contributed by atoms with Gasteiger partial charge in [-0.15, -0.1) is 11.3 Å². The molecule has 0 saturated heterocycles. The number of hydrogen-bond acceptors (Lipinski definition) is 6. The van der Waals surface area contributed by atoms with Gasteiger partial charge >= 0.3 is 0 Å². The molecule has 120 valence electrons. The van der Waals surface area contributed by atoms with Crippen molar-refractivity contribution in [2.24, 2.45) is 0 Å². The van der Waals surface area contributed by atoms with E-state index in [0.29, 0.717) is 12.2 Å². The molecule has 0 aromatic carbocycles. The van der Waals surface area contributed by atoms with Gasteiger partial charge in [-0.05, 0) is 19.3 Å². The highest BCUT2D eigenvalue weighted by atomic mass is 32.2. The minimum absolute atomic E-state index is 0.0600. The second-order valence-corrected chi connectivity index (χ2v) is 7.40. The number of likely N-dealkylation sites (N-methyl/N-ethyl adjacent to an activating group) is 1. The molecule has 1 amide bonds. The summed E-state index contributed by atoms with van der Waals surface area (Å²) in [7, 11) is -1.62. The normalized spacial score (nSPS) is 11.4. The fraction of sp³-hybridized carbons (Fsp3) is 0.667. The zero-order valence-electron chi connectivity index (χ0n) is 12.2. The lowest BCUT2D eigenvalue weighted by Gasteiger charge is -2.16. The molecule has 0 fully saturated rings. The van der Waals surface area contributed by atoms with Crippen molar-refractivity contribution in [1.82, 2.24) is 9.88 Å². The first-order chi connectivity index (χ1) is 9.81. The third-order valence-electron chi connectivity index (χ3n) is 2.73. The van der Waals surface area contributed by atoms with Crippen molar-refractivity contribution in [1.29, 1.82) is 0 Å². The standard InChI is InChI=1S/C12H21N3O4S2/c1-15(6-4-3-5-7-16)11(17)8-10-9-20-12(13-10)14-21(2,18)19/h9,16H,3-8H2,1-2H3,(H,13,14). The quantitative estimate of drug-likeness (QED) is 0.646. The first-order valence-electron chi connectivity index (χ1n) is 6.59. The number of carbonyl (C=O) groups is 1. The van der Waals surface area contributed by atoms with Crippen LogP contribution >= 0.6 is 11.3 Å². The number of carbonyl (C=O) groups excluding carboxylic acids is 1. The van der Waals surface area contributed by atoms with Gasteiger partial charge in [-0.25, -0.2) is 13.4 Å². The number of thiazole rings is 1. The molecule has 1 rings (SSSR count). The van der Waals surface area contributed by atoms with E-state index in [2.05, 4.69) is 9.71 Å².